The van der Waals surface area contributed by atoms with Crippen LogP contribution in [0.4, 0.5) is 0 Å². The second-order valence-corrected chi connectivity index (χ2v) is 14.8. The Balaban J connectivity index is 1.03. The van der Waals surface area contributed by atoms with Crippen molar-refractivity contribution in [3.63, 3.8) is 0 Å². The maximum Gasteiger partial charge on any atom is 0.333 e. The first-order valence-electron chi connectivity index (χ1n) is 17.9. The largest absolute Gasteiger partial charge is 0.462 e. The molecular weight excluding hydrogens is 528 g/mol. The highest BCUT2D eigenvalue weighted by atomic mass is 16.5. The number of carbonyl (C=O) groups is 1. The summed E-state index contributed by atoms with van der Waals surface area (Å²) in [6, 6.07) is 14.7. The van der Waals surface area contributed by atoms with E-state index in [9.17, 15) is 9.90 Å². The van der Waals surface area contributed by atoms with E-state index in [1.807, 2.05) is 0 Å². The number of fused-ring (bicyclic) bond motifs is 1. The molecule has 3 heteroatoms. The smallest absolute Gasteiger partial charge is 0.333 e. The molecule has 0 aromatic heterocycles. The quantitative estimate of drug-likeness (QED) is 0.199. The van der Waals surface area contributed by atoms with E-state index in [2.05, 4.69) is 49.9 Å². The summed E-state index contributed by atoms with van der Waals surface area (Å²) in [5.41, 5.74) is 3.56. The van der Waals surface area contributed by atoms with E-state index in [0.717, 1.165) is 42.4 Å². The zero-order valence-corrected chi connectivity index (χ0v) is 27.2. The van der Waals surface area contributed by atoms with Gasteiger partial charge in [0, 0.05) is 18.1 Å². The molecule has 2 aromatic rings. The molecule has 0 heterocycles. The number of rotatable bonds is 12. The van der Waals surface area contributed by atoms with Crippen LogP contribution in [0.3, 0.4) is 0 Å². The van der Waals surface area contributed by atoms with Crippen molar-refractivity contribution < 1.29 is 14.6 Å². The SMILES string of the molecule is C=C(C)C(=O)OCC(CO)C1CCC(CCC2CCC(c3ccc4cc(C5CCC(CCC)CC5)ccc4c3)CC2)CC1. The Hall–Kier alpha value is -2.13. The third kappa shape index (κ3) is 8.74. The lowest BCUT2D eigenvalue weighted by molar-refractivity contribution is -0.141. The number of aliphatic hydroxyl groups is 1. The van der Waals surface area contributed by atoms with Gasteiger partial charge in [0.15, 0.2) is 0 Å². The van der Waals surface area contributed by atoms with Crippen LogP contribution in [0.25, 0.3) is 10.8 Å². The van der Waals surface area contributed by atoms with Gasteiger partial charge in [-0.2, -0.15) is 0 Å². The Morgan fingerprint density at radius 3 is 1.67 bits per heavy atom. The fourth-order valence-corrected chi connectivity index (χ4v) is 8.83. The second-order valence-electron chi connectivity index (χ2n) is 14.8. The molecule has 43 heavy (non-hydrogen) atoms. The Morgan fingerprint density at radius 1 is 0.767 bits per heavy atom. The maximum atomic E-state index is 11.8. The molecule has 1 atom stereocenters. The van der Waals surface area contributed by atoms with Gasteiger partial charge >= 0.3 is 5.97 Å². The van der Waals surface area contributed by atoms with Gasteiger partial charge in [0.1, 0.15) is 0 Å². The number of carbonyl (C=O) groups excluding carboxylic acids is 1. The zero-order valence-electron chi connectivity index (χ0n) is 27.2. The van der Waals surface area contributed by atoms with Crippen molar-refractivity contribution >= 4 is 16.7 Å². The fraction of sp³-hybridized carbons (Fsp3) is 0.675. The average molecular weight is 587 g/mol. The van der Waals surface area contributed by atoms with Crippen LogP contribution >= 0.6 is 0 Å². The molecular formula is C40H58O3. The molecule has 0 saturated heterocycles. The molecule has 0 aliphatic heterocycles. The number of hydrogen-bond donors (Lipinski definition) is 1. The lowest BCUT2D eigenvalue weighted by Gasteiger charge is -2.34. The highest BCUT2D eigenvalue weighted by Gasteiger charge is 2.30. The zero-order chi connectivity index (χ0) is 30.2. The molecule has 3 nitrogen and oxygen atoms in total. The number of esters is 1. The molecule has 0 spiro atoms. The minimum Gasteiger partial charge on any atom is -0.462 e. The van der Waals surface area contributed by atoms with Gasteiger partial charge in [-0.25, -0.2) is 4.79 Å². The van der Waals surface area contributed by atoms with Crippen LogP contribution in [0, 0.1) is 29.6 Å². The lowest BCUT2D eigenvalue weighted by Crippen LogP contribution is -2.29. The Morgan fingerprint density at radius 2 is 1.23 bits per heavy atom. The summed E-state index contributed by atoms with van der Waals surface area (Å²) in [6.45, 7) is 8.07. The fourth-order valence-electron chi connectivity index (χ4n) is 8.83. The van der Waals surface area contributed by atoms with Crippen LogP contribution in [0.5, 0.6) is 0 Å². The summed E-state index contributed by atoms with van der Waals surface area (Å²) in [4.78, 5) is 11.8. The highest BCUT2D eigenvalue weighted by molar-refractivity contribution is 5.87. The number of benzene rings is 2. The molecule has 3 aliphatic carbocycles. The van der Waals surface area contributed by atoms with E-state index in [4.69, 9.17) is 4.74 Å². The number of ether oxygens (including phenoxy) is 1. The van der Waals surface area contributed by atoms with Crippen LogP contribution < -0.4 is 0 Å². The molecule has 2 aromatic carbocycles. The third-order valence-electron chi connectivity index (χ3n) is 11.8. The van der Waals surface area contributed by atoms with Gasteiger partial charge in [0.05, 0.1) is 6.61 Å². The molecule has 0 radical (unpaired) electrons. The summed E-state index contributed by atoms with van der Waals surface area (Å²) < 4.78 is 5.36. The maximum absolute atomic E-state index is 11.8. The van der Waals surface area contributed by atoms with Gasteiger partial charge in [-0.15, -0.1) is 0 Å². The number of aliphatic hydroxyl groups excluding tert-OH is 1. The Bertz CT molecular complexity index is 1180. The van der Waals surface area contributed by atoms with Crippen LogP contribution in [0.2, 0.25) is 0 Å². The number of hydrogen-bond acceptors (Lipinski definition) is 3. The van der Waals surface area contributed by atoms with Crippen molar-refractivity contribution in [2.45, 2.75) is 128 Å². The Kier molecular flexibility index (Phi) is 11.8. The van der Waals surface area contributed by atoms with Crippen molar-refractivity contribution in [1.82, 2.24) is 0 Å². The molecule has 3 fully saturated rings. The van der Waals surface area contributed by atoms with Crippen molar-refractivity contribution in [3.8, 4) is 0 Å². The van der Waals surface area contributed by atoms with Gasteiger partial charge < -0.3 is 9.84 Å². The Labute approximate surface area is 261 Å². The van der Waals surface area contributed by atoms with Crippen molar-refractivity contribution in [2.75, 3.05) is 13.2 Å². The van der Waals surface area contributed by atoms with Crippen LogP contribution in [-0.4, -0.2) is 24.3 Å². The predicted octanol–water partition coefficient (Wildman–Crippen LogP) is 10.5. The molecule has 5 rings (SSSR count). The first-order valence-corrected chi connectivity index (χ1v) is 17.9. The van der Waals surface area contributed by atoms with E-state index in [-0.39, 0.29) is 18.5 Å². The molecule has 1 unspecified atom stereocenters. The summed E-state index contributed by atoms with van der Waals surface area (Å²) >= 11 is 0. The molecule has 0 bridgehead atoms. The first kappa shape index (κ1) is 32.3. The minimum atomic E-state index is -0.341. The van der Waals surface area contributed by atoms with E-state index in [1.165, 1.54) is 101 Å². The summed E-state index contributed by atoms with van der Waals surface area (Å²) in [7, 11) is 0. The van der Waals surface area contributed by atoms with Crippen LogP contribution in [0.1, 0.15) is 140 Å². The minimum absolute atomic E-state index is 0.0621. The first-order chi connectivity index (χ1) is 20.9. The van der Waals surface area contributed by atoms with Gasteiger partial charge in [0.2, 0.25) is 0 Å². The predicted molar refractivity (Wildman–Crippen MR) is 179 cm³/mol. The molecule has 1 N–H and O–H groups in total. The lowest BCUT2D eigenvalue weighted by atomic mass is 9.72. The van der Waals surface area contributed by atoms with E-state index >= 15 is 0 Å². The monoisotopic (exact) mass is 586 g/mol. The third-order valence-corrected chi connectivity index (χ3v) is 11.8. The normalized spacial score (nSPS) is 28.8. The molecule has 3 saturated carbocycles. The molecule has 0 amide bonds. The van der Waals surface area contributed by atoms with Gasteiger partial charge in [-0.3, -0.25) is 0 Å². The average Bonchev–Trinajstić information content (AvgIpc) is 3.04. The second kappa shape index (κ2) is 15.7. The molecule has 3 aliphatic rings. The standard InChI is InChI=1S/C40H58O3/c1-4-5-29-8-14-32(15-9-29)35-20-22-38-25-36(21-23-37(38)24-35)33-16-10-30(11-17-33)6-7-31-12-18-34(19-13-31)39(26-41)27-43-40(42)28(2)3/h20-25,29-34,39,41H,2,4-19,26-27H2,1,3H3. The molecule has 236 valence electrons. The van der Waals surface area contributed by atoms with Gasteiger partial charge in [0.25, 0.3) is 0 Å². The van der Waals surface area contributed by atoms with Crippen LogP contribution in [0.15, 0.2) is 48.6 Å². The summed E-state index contributed by atoms with van der Waals surface area (Å²) in [6.07, 6.45) is 21.3. The van der Waals surface area contributed by atoms with E-state index in [1.54, 1.807) is 18.1 Å². The van der Waals surface area contributed by atoms with Gasteiger partial charge in [-0.1, -0.05) is 88.4 Å². The highest BCUT2D eigenvalue weighted by Crippen LogP contribution is 2.42. The van der Waals surface area contributed by atoms with Gasteiger partial charge in [-0.05, 0) is 129 Å². The topological polar surface area (TPSA) is 46.5 Å². The van der Waals surface area contributed by atoms with Crippen molar-refractivity contribution in [1.29, 1.82) is 0 Å². The summed E-state index contributed by atoms with van der Waals surface area (Å²) in [5.74, 6) is 4.35. The van der Waals surface area contributed by atoms with E-state index in [0.29, 0.717) is 18.1 Å². The summed E-state index contributed by atoms with van der Waals surface area (Å²) in [5, 5.41) is 12.7. The van der Waals surface area contributed by atoms with Crippen molar-refractivity contribution in [3.05, 3.63) is 59.7 Å². The van der Waals surface area contributed by atoms with Crippen molar-refractivity contribution in [2.24, 2.45) is 29.6 Å². The van der Waals surface area contributed by atoms with Crippen LogP contribution in [-0.2, 0) is 9.53 Å². The van der Waals surface area contributed by atoms with E-state index < -0.39 is 0 Å².